The molecule has 1 amide bonds. The number of aromatic nitrogens is 4. The maximum absolute atomic E-state index is 13.2. The van der Waals surface area contributed by atoms with Gasteiger partial charge in [-0.3, -0.25) is 9.36 Å². The van der Waals surface area contributed by atoms with Crippen molar-refractivity contribution in [3.05, 3.63) is 89.9 Å². The largest absolute Gasteiger partial charge is 0.488 e. The highest BCUT2D eigenvalue weighted by Gasteiger charge is 2.24. The quantitative estimate of drug-likeness (QED) is 0.264. The fourth-order valence-electron chi connectivity index (χ4n) is 5.25. The Labute approximate surface area is 239 Å². The number of rotatable bonds is 9. The van der Waals surface area contributed by atoms with Crippen molar-refractivity contribution in [3.63, 3.8) is 0 Å². The van der Waals surface area contributed by atoms with Crippen LogP contribution >= 0.6 is 0 Å². The minimum Gasteiger partial charge on any atom is -0.488 e. The van der Waals surface area contributed by atoms with Crippen molar-refractivity contribution < 1.29 is 14.3 Å². The number of amides is 1. The number of carbonyl (C=O) groups excluding carboxylic acids is 1. The number of anilines is 1. The summed E-state index contributed by atoms with van der Waals surface area (Å²) in [6.07, 6.45) is 2.91. The molecule has 9 heteroatoms. The molecule has 1 aliphatic heterocycles. The third kappa shape index (κ3) is 5.40. The molecule has 1 fully saturated rings. The number of nitrogens with zero attached hydrogens (tertiary/aromatic N) is 4. The monoisotopic (exact) mass is 550 g/mol. The van der Waals surface area contributed by atoms with Gasteiger partial charge in [0.2, 0.25) is 5.82 Å². The molecule has 6 rings (SSSR count). The van der Waals surface area contributed by atoms with Crippen molar-refractivity contribution in [2.45, 2.75) is 26.9 Å². The van der Waals surface area contributed by atoms with E-state index in [1.807, 2.05) is 66.2 Å². The Morgan fingerprint density at radius 1 is 1.00 bits per heavy atom. The van der Waals surface area contributed by atoms with Crippen LogP contribution in [-0.2, 0) is 17.8 Å². The molecule has 2 aromatic heterocycles. The predicted octanol–water partition coefficient (Wildman–Crippen LogP) is 5.14. The van der Waals surface area contributed by atoms with Gasteiger partial charge in [0, 0.05) is 54.2 Å². The van der Waals surface area contributed by atoms with E-state index in [2.05, 4.69) is 50.5 Å². The first-order chi connectivity index (χ1) is 20.2. The molecule has 210 valence electrons. The summed E-state index contributed by atoms with van der Waals surface area (Å²) in [5.41, 5.74) is 5.91. The number of H-pyrrole nitrogens is 1. The van der Waals surface area contributed by atoms with Gasteiger partial charge < -0.3 is 24.7 Å². The molecule has 41 heavy (non-hydrogen) atoms. The van der Waals surface area contributed by atoms with Gasteiger partial charge in [0.15, 0.2) is 5.82 Å². The van der Waals surface area contributed by atoms with Crippen LogP contribution in [0.3, 0.4) is 0 Å². The highest BCUT2D eigenvalue weighted by atomic mass is 16.5. The van der Waals surface area contributed by atoms with E-state index in [1.54, 1.807) is 0 Å². The number of ether oxygens (including phenoxy) is 2. The fourth-order valence-corrected chi connectivity index (χ4v) is 5.25. The second-order valence-corrected chi connectivity index (χ2v) is 9.99. The topological polar surface area (TPSA) is 97.3 Å². The molecule has 9 nitrogen and oxygen atoms in total. The number of carbonyl (C=O) groups is 1. The van der Waals surface area contributed by atoms with E-state index >= 15 is 0 Å². The molecule has 0 aliphatic carbocycles. The number of fused-ring (bicyclic) bond motifs is 1. The predicted molar refractivity (Wildman–Crippen MR) is 160 cm³/mol. The molecule has 1 aliphatic rings. The van der Waals surface area contributed by atoms with Crippen molar-refractivity contribution in [3.8, 4) is 22.8 Å². The van der Waals surface area contributed by atoms with Gasteiger partial charge in [-0.1, -0.05) is 37.3 Å². The lowest BCUT2D eigenvalue weighted by molar-refractivity contribution is 0.0943. The zero-order valence-corrected chi connectivity index (χ0v) is 23.4. The molecule has 0 saturated carbocycles. The SMILES string of the molecule is CCNC(=O)c1nnc(-c2cc3c(CC)c[nH]c3cc2OCc2ccccc2)n1-c1ccc(N2CCOCC2)cc1. The molecule has 0 unspecified atom stereocenters. The maximum Gasteiger partial charge on any atom is 0.289 e. The lowest BCUT2D eigenvalue weighted by Crippen LogP contribution is -2.36. The van der Waals surface area contributed by atoms with Gasteiger partial charge in [0.05, 0.1) is 18.8 Å². The fraction of sp³-hybridized carbons (Fsp3) is 0.281. The number of aryl methyl sites for hydroxylation is 1. The summed E-state index contributed by atoms with van der Waals surface area (Å²) < 4.78 is 13.8. The molecule has 1 saturated heterocycles. The summed E-state index contributed by atoms with van der Waals surface area (Å²) in [5, 5.41) is 12.9. The van der Waals surface area contributed by atoms with Crippen molar-refractivity contribution in [1.29, 1.82) is 0 Å². The number of hydrogen-bond donors (Lipinski definition) is 2. The van der Waals surface area contributed by atoms with Crippen LogP contribution in [0, 0.1) is 0 Å². The summed E-state index contributed by atoms with van der Waals surface area (Å²) in [5.74, 6) is 1.14. The number of aromatic amines is 1. The normalized spacial score (nSPS) is 13.5. The minimum absolute atomic E-state index is 0.222. The second kappa shape index (κ2) is 11.9. The van der Waals surface area contributed by atoms with E-state index in [0.717, 1.165) is 52.9 Å². The average molecular weight is 551 g/mol. The van der Waals surface area contributed by atoms with E-state index in [-0.39, 0.29) is 11.7 Å². The Morgan fingerprint density at radius 3 is 2.49 bits per heavy atom. The van der Waals surface area contributed by atoms with Crippen molar-refractivity contribution >= 4 is 22.5 Å². The first-order valence-electron chi connectivity index (χ1n) is 14.1. The lowest BCUT2D eigenvalue weighted by atomic mass is 10.1. The zero-order valence-electron chi connectivity index (χ0n) is 23.4. The minimum atomic E-state index is -0.285. The molecule has 0 spiro atoms. The number of hydrogen-bond acceptors (Lipinski definition) is 6. The molecule has 0 atom stereocenters. The summed E-state index contributed by atoms with van der Waals surface area (Å²) in [6.45, 7) is 8.02. The zero-order chi connectivity index (χ0) is 28.2. The highest BCUT2D eigenvalue weighted by Crippen LogP contribution is 2.37. The van der Waals surface area contributed by atoms with E-state index < -0.39 is 0 Å². The van der Waals surface area contributed by atoms with Crippen LogP contribution in [0.5, 0.6) is 5.75 Å². The molecular weight excluding hydrogens is 516 g/mol. The smallest absolute Gasteiger partial charge is 0.289 e. The molecule has 3 aromatic carbocycles. The maximum atomic E-state index is 13.2. The molecule has 3 heterocycles. The molecule has 0 radical (unpaired) electrons. The van der Waals surface area contributed by atoms with Crippen LogP contribution in [-0.4, -0.2) is 58.5 Å². The van der Waals surface area contributed by atoms with Gasteiger partial charge in [-0.05, 0) is 54.8 Å². The van der Waals surface area contributed by atoms with Crippen molar-refractivity contribution in [2.75, 3.05) is 37.7 Å². The Kier molecular flexibility index (Phi) is 7.69. The van der Waals surface area contributed by atoms with Crippen LogP contribution in [0.25, 0.3) is 28.0 Å². The van der Waals surface area contributed by atoms with Crippen LogP contribution < -0.4 is 15.0 Å². The molecule has 2 N–H and O–H groups in total. The molecular formula is C32H34N6O3. The Bertz CT molecular complexity index is 1640. The second-order valence-electron chi connectivity index (χ2n) is 9.99. The first kappa shape index (κ1) is 26.6. The van der Waals surface area contributed by atoms with Crippen molar-refractivity contribution in [1.82, 2.24) is 25.1 Å². The van der Waals surface area contributed by atoms with Crippen molar-refractivity contribution in [2.24, 2.45) is 0 Å². The van der Waals surface area contributed by atoms with Crippen LogP contribution in [0.4, 0.5) is 5.69 Å². The summed E-state index contributed by atoms with van der Waals surface area (Å²) in [6, 6.07) is 22.3. The standard InChI is InChI=1S/C32H34N6O3/c1-3-23-20-34-28-19-29(41-21-22-8-6-5-7-9-22)27(18-26(23)28)30-35-36-31(32(39)33-4-2)38(30)25-12-10-24(11-13-25)37-14-16-40-17-15-37/h5-13,18-20,34H,3-4,14-17,21H2,1-2H3,(H,33,39). The van der Waals surface area contributed by atoms with Gasteiger partial charge in [-0.2, -0.15) is 0 Å². The Morgan fingerprint density at radius 2 is 1.76 bits per heavy atom. The third-order valence-electron chi connectivity index (χ3n) is 7.41. The van der Waals surface area contributed by atoms with Gasteiger partial charge in [-0.15, -0.1) is 10.2 Å². The average Bonchev–Trinajstić information content (AvgIpc) is 3.65. The van der Waals surface area contributed by atoms with E-state index in [4.69, 9.17) is 9.47 Å². The summed E-state index contributed by atoms with van der Waals surface area (Å²) in [4.78, 5) is 18.9. The van der Waals surface area contributed by atoms with E-state index in [1.165, 1.54) is 5.56 Å². The number of benzene rings is 3. The highest BCUT2D eigenvalue weighted by molar-refractivity contribution is 5.94. The molecule has 0 bridgehead atoms. The van der Waals surface area contributed by atoms with Crippen LogP contribution in [0.1, 0.15) is 35.6 Å². The molecule has 5 aromatic rings. The Hall–Kier alpha value is -4.63. The van der Waals surface area contributed by atoms with E-state index in [9.17, 15) is 4.79 Å². The van der Waals surface area contributed by atoms with E-state index in [0.29, 0.717) is 37.9 Å². The van der Waals surface area contributed by atoms with Crippen LogP contribution in [0.15, 0.2) is 72.9 Å². The lowest BCUT2D eigenvalue weighted by Gasteiger charge is -2.29. The summed E-state index contributed by atoms with van der Waals surface area (Å²) in [7, 11) is 0. The first-order valence-corrected chi connectivity index (χ1v) is 14.1. The van der Waals surface area contributed by atoms with Gasteiger partial charge in [0.1, 0.15) is 12.4 Å². The van der Waals surface area contributed by atoms with Gasteiger partial charge in [-0.25, -0.2) is 0 Å². The van der Waals surface area contributed by atoms with Crippen LogP contribution in [0.2, 0.25) is 0 Å². The third-order valence-corrected chi connectivity index (χ3v) is 7.41. The van der Waals surface area contributed by atoms with Gasteiger partial charge in [0.25, 0.3) is 5.91 Å². The summed E-state index contributed by atoms with van der Waals surface area (Å²) >= 11 is 0. The number of morpholine rings is 1. The Balaban J connectivity index is 1.47. The number of nitrogens with one attached hydrogen (secondary N) is 2. The van der Waals surface area contributed by atoms with Gasteiger partial charge >= 0.3 is 0 Å².